The fourth-order valence-electron chi connectivity index (χ4n) is 1.26. The van der Waals surface area contributed by atoms with Gasteiger partial charge in [0.2, 0.25) is 0 Å². The number of aromatic hydroxyl groups is 2. The summed E-state index contributed by atoms with van der Waals surface area (Å²) < 4.78 is 0.282. The zero-order chi connectivity index (χ0) is 12.6. The van der Waals surface area contributed by atoms with Gasteiger partial charge in [0, 0.05) is 0 Å². The van der Waals surface area contributed by atoms with Crippen molar-refractivity contribution in [1.82, 2.24) is 5.01 Å². The molecule has 1 aromatic rings. The van der Waals surface area contributed by atoms with E-state index < -0.39 is 0 Å². The highest BCUT2D eigenvalue weighted by Gasteiger charge is 2.29. The summed E-state index contributed by atoms with van der Waals surface area (Å²) in [7, 11) is 0. The predicted octanol–water partition coefficient (Wildman–Crippen LogP) is 1.17. The highest BCUT2D eigenvalue weighted by molar-refractivity contribution is 8.26. The van der Waals surface area contributed by atoms with Crippen LogP contribution in [-0.4, -0.2) is 25.4 Å². The van der Waals surface area contributed by atoms with Gasteiger partial charge in [-0.2, -0.15) is 0 Å². The van der Waals surface area contributed by atoms with E-state index in [4.69, 9.17) is 23.2 Å². The highest BCUT2D eigenvalue weighted by atomic mass is 32.2. The predicted molar refractivity (Wildman–Crippen MR) is 69.0 cm³/mol. The normalized spacial score (nSPS) is 18.2. The molecule has 0 atom stereocenters. The van der Waals surface area contributed by atoms with E-state index in [0.29, 0.717) is 10.5 Å². The standard InChI is InChI=1S/C10H8N2O3S2/c11-12-9(15)8(17-10(12)16)4-5-1-2-6(13)7(14)3-5/h1-4,13-14H,11H2/b8-4+. The lowest BCUT2D eigenvalue weighted by Gasteiger charge is -2.03. The Bertz CT molecular complexity index is 542. The monoisotopic (exact) mass is 268 g/mol. The van der Waals surface area contributed by atoms with Gasteiger partial charge >= 0.3 is 0 Å². The number of thioether (sulfide) groups is 1. The average Bonchev–Trinajstić information content (AvgIpc) is 2.52. The van der Waals surface area contributed by atoms with Gasteiger partial charge in [-0.1, -0.05) is 30.0 Å². The van der Waals surface area contributed by atoms with Gasteiger partial charge < -0.3 is 10.2 Å². The molecule has 1 saturated heterocycles. The van der Waals surface area contributed by atoms with Crippen molar-refractivity contribution in [2.75, 3.05) is 0 Å². The summed E-state index contributed by atoms with van der Waals surface area (Å²) in [6.07, 6.45) is 1.55. The molecule has 1 heterocycles. The fourth-order valence-corrected chi connectivity index (χ4v) is 2.36. The third kappa shape index (κ3) is 2.26. The number of phenolic OH excluding ortho intramolecular Hbond substituents is 2. The molecule has 0 unspecified atom stereocenters. The molecule has 88 valence electrons. The minimum Gasteiger partial charge on any atom is -0.504 e. The first-order chi connectivity index (χ1) is 7.99. The lowest BCUT2D eigenvalue weighted by Crippen LogP contribution is -2.34. The smallest absolute Gasteiger partial charge is 0.280 e. The number of rotatable bonds is 1. The first kappa shape index (κ1) is 11.9. The maximum absolute atomic E-state index is 11.6. The summed E-state index contributed by atoms with van der Waals surface area (Å²) in [5.74, 6) is 4.57. The van der Waals surface area contributed by atoms with Crippen LogP contribution >= 0.6 is 24.0 Å². The second kappa shape index (κ2) is 4.36. The molecule has 1 aliphatic heterocycles. The first-order valence-electron chi connectivity index (χ1n) is 4.53. The van der Waals surface area contributed by atoms with Crippen molar-refractivity contribution < 1.29 is 15.0 Å². The molecule has 17 heavy (non-hydrogen) atoms. The van der Waals surface area contributed by atoms with Crippen molar-refractivity contribution in [3.8, 4) is 11.5 Å². The van der Waals surface area contributed by atoms with Gasteiger partial charge in [-0.25, -0.2) is 10.9 Å². The van der Waals surface area contributed by atoms with E-state index in [-0.39, 0.29) is 21.7 Å². The molecule has 1 aromatic carbocycles. The number of thiocarbonyl (C=S) groups is 1. The zero-order valence-corrected chi connectivity index (χ0v) is 10.1. The van der Waals surface area contributed by atoms with E-state index in [1.807, 2.05) is 0 Å². The van der Waals surface area contributed by atoms with Crippen LogP contribution in [0.1, 0.15) is 5.56 Å². The van der Waals surface area contributed by atoms with E-state index in [1.54, 1.807) is 12.1 Å². The van der Waals surface area contributed by atoms with Crippen molar-refractivity contribution in [2.24, 2.45) is 5.84 Å². The van der Waals surface area contributed by atoms with Gasteiger partial charge in [-0.15, -0.1) is 0 Å². The molecule has 0 saturated carbocycles. The number of carbonyl (C=O) groups is 1. The van der Waals surface area contributed by atoms with Crippen molar-refractivity contribution in [3.05, 3.63) is 28.7 Å². The largest absolute Gasteiger partial charge is 0.504 e. The number of nitrogens with two attached hydrogens (primary N) is 1. The molecule has 2 rings (SSSR count). The second-order valence-corrected chi connectivity index (χ2v) is 4.98. The summed E-state index contributed by atoms with van der Waals surface area (Å²) in [5.41, 5.74) is 0.578. The zero-order valence-electron chi connectivity index (χ0n) is 8.45. The quantitative estimate of drug-likeness (QED) is 0.233. The van der Waals surface area contributed by atoms with E-state index in [0.717, 1.165) is 16.8 Å². The number of nitrogens with zero attached hydrogens (tertiary/aromatic N) is 1. The van der Waals surface area contributed by atoms with Crippen molar-refractivity contribution in [3.63, 3.8) is 0 Å². The number of amides is 1. The number of hydrogen-bond donors (Lipinski definition) is 3. The van der Waals surface area contributed by atoms with Crippen LogP contribution in [0.4, 0.5) is 0 Å². The third-order valence-corrected chi connectivity index (χ3v) is 3.45. The Balaban J connectivity index is 2.34. The summed E-state index contributed by atoms with van der Waals surface area (Å²) in [4.78, 5) is 12.0. The van der Waals surface area contributed by atoms with Gasteiger partial charge in [0.15, 0.2) is 15.8 Å². The van der Waals surface area contributed by atoms with E-state index >= 15 is 0 Å². The van der Waals surface area contributed by atoms with Gasteiger partial charge in [-0.3, -0.25) is 4.79 Å². The number of hydrogen-bond acceptors (Lipinski definition) is 6. The number of phenols is 2. The summed E-state index contributed by atoms with van der Waals surface area (Å²) in [6.45, 7) is 0. The Morgan fingerprint density at radius 2 is 2.06 bits per heavy atom. The maximum Gasteiger partial charge on any atom is 0.280 e. The lowest BCUT2D eigenvalue weighted by atomic mass is 10.2. The Kier molecular flexibility index (Phi) is 3.05. The molecule has 0 aliphatic carbocycles. The lowest BCUT2D eigenvalue weighted by molar-refractivity contribution is -0.122. The minimum atomic E-state index is -0.382. The second-order valence-electron chi connectivity index (χ2n) is 3.30. The Labute approximate surface area is 106 Å². The third-order valence-electron chi connectivity index (χ3n) is 2.12. The summed E-state index contributed by atoms with van der Waals surface area (Å²) >= 11 is 5.96. The molecule has 0 bridgehead atoms. The van der Waals surface area contributed by atoms with E-state index in [2.05, 4.69) is 0 Å². The van der Waals surface area contributed by atoms with E-state index in [9.17, 15) is 9.90 Å². The Morgan fingerprint density at radius 3 is 2.59 bits per heavy atom. The van der Waals surface area contributed by atoms with Crippen molar-refractivity contribution in [1.29, 1.82) is 0 Å². The van der Waals surface area contributed by atoms with Crippen molar-refractivity contribution in [2.45, 2.75) is 0 Å². The van der Waals surface area contributed by atoms with Gasteiger partial charge in [0.25, 0.3) is 5.91 Å². The van der Waals surface area contributed by atoms with Gasteiger partial charge in [0.1, 0.15) is 0 Å². The van der Waals surface area contributed by atoms with Gasteiger partial charge in [0.05, 0.1) is 4.91 Å². The van der Waals surface area contributed by atoms with Crippen LogP contribution in [0, 0.1) is 0 Å². The first-order valence-corrected chi connectivity index (χ1v) is 5.76. The molecule has 4 N–H and O–H groups in total. The van der Waals surface area contributed by atoms with Crippen molar-refractivity contribution >= 4 is 40.3 Å². The van der Waals surface area contributed by atoms with Crippen LogP contribution < -0.4 is 5.84 Å². The highest BCUT2D eigenvalue weighted by Crippen LogP contribution is 2.32. The molecule has 1 amide bonds. The molecular formula is C10H8N2O3S2. The van der Waals surface area contributed by atoms with Crippen LogP contribution in [-0.2, 0) is 4.79 Å². The van der Waals surface area contributed by atoms with E-state index in [1.165, 1.54) is 12.1 Å². The minimum absolute atomic E-state index is 0.214. The Hall–Kier alpha value is -1.57. The number of hydrazine groups is 1. The Morgan fingerprint density at radius 1 is 1.35 bits per heavy atom. The molecule has 7 heteroatoms. The summed E-state index contributed by atoms with van der Waals surface area (Å²) in [5, 5.41) is 19.4. The molecule has 0 aromatic heterocycles. The topological polar surface area (TPSA) is 86.8 Å². The van der Waals surface area contributed by atoms with Gasteiger partial charge in [-0.05, 0) is 23.8 Å². The van der Waals surface area contributed by atoms with Crippen LogP contribution in [0.25, 0.3) is 6.08 Å². The maximum atomic E-state index is 11.6. The van der Waals surface area contributed by atoms with Crippen LogP contribution in [0.2, 0.25) is 0 Å². The fraction of sp³-hybridized carbons (Fsp3) is 0. The molecule has 0 spiro atoms. The SMILES string of the molecule is NN1C(=O)/C(=C\c2ccc(O)c(O)c2)SC1=S. The molecule has 1 fully saturated rings. The average molecular weight is 268 g/mol. The molecule has 1 aliphatic rings. The van der Waals surface area contributed by atoms with Crippen LogP contribution in [0.3, 0.4) is 0 Å². The van der Waals surface area contributed by atoms with Crippen LogP contribution in [0.15, 0.2) is 23.1 Å². The molecule has 5 nitrogen and oxygen atoms in total. The molecule has 0 radical (unpaired) electrons. The number of benzene rings is 1. The number of carbonyl (C=O) groups excluding carboxylic acids is 1. The van der Waals surface area contributed by atoms with Crippen LogP contribution in [0.5, 0.6) is 11.5 Å². The summed E-state index contributed by atoms with van der Waals surface area (Å²) in [6, 6.07) is 4.25. The molecular weight excluding hydrogens is 260 g/mol.